The van der Waals surface area contributed by atoms with E-state index < -0.39 is 17.7 Å². The third-order valence-electron chi connectivity index (χ3n) is 2.22. The van der Waals surface area contributed by atoms with Crippen molar-refractivity contribution in [1.29, 1.82) is 0 Å². The standard InChI is InChI=1S/C9H13ClF3NO/c1-3-6(7-4-15-7)8(10)14-5(2)9(11,12)13/h3,5,7-8,14H,4H2,1-2H3/b6-3-. The van der Waals surface area contributed by atoms with Crippen molar-refractivity contribution < 1.29 is 17.9 Å². The van der Waals surface area contributed by atoms with Gasteiger partial charge < -0.3 is 4.74 Å². The van der Waals surface area contributed by atoms with E-state index >= 15 is 0 Å². The molecule has 0 aromatic heterocycles. The number of rotatable bonds is 4. The molecule has 88 valence electrons. The van der Waals surface area contributed by atoms with Gasteiger partial charge in [-0.25, -0.2) is 0 Å². The summed E-state index contributed by atoms with van der Waals surface area (Å²) < 4.78 is 41.6. The predicted octanol–water partition coefficient (Wildman–Crippen LogP) is 2.44. The third kappa shape index (κ3) is 3.66. The van der Waals surface area contributed by atoms with Gasteiger partial charge in [-0.2, -0.15) is 13.2 Å². The highest BCUT2D eigenvalue weighted by Crippen LogP contribution is 2.27. The number of ether oxygens (including phenoxy) is 1. The van der Waals surface area contributed by atoms with Crippen LogP contribution in [0.5, 0.6) is 0 Å². The first-order valence-corrected chi connectivity index (χ1v) is 5.04. The van der Waals surface area contributed by atoms with Crippen LogP contribution in [0.4, 0.5) is 13.2 Å². The monoisotopic (exact) mass is 243 g/mol. The second-order valence-electron chi connectivity index (χ2n) is 3.40. The summed E-state index contributed by atoms with van der Waals surface area (Å²) in [5.41, 5.74) is -0.174. The van der Waals surface area contributed by atoms with Crippen LogP contribution >= 0.6 is 11.6 Å². The largest absolute Gasteiger partial charge is 0.403 e. The molecule has 3 unspecified atom stereocenters. The lowest BCUT2D eigenvalue weighted by molar-refractivity contribution is -0.151. The van der Waals surface area contributed by atoms with Crippen LogP contribution in [0.1, 0.15) is 13.8 Å². The van der Waals surface area contributed by atoms with E-state index in [2.05, 4.69) is 5.32 Å². The summed E-state index contributed by atoms with van der Waals surface area (Å²) in [7, 11) is 0. The number of epoxide rings is 1. The Morgan fingerprint density at radius 1 is 1.60 bits per heavy atom. The maximum absolute atomic E-state index is 12.2. The fraction of sp³-hybridized carbons (Fsp3) is 0.778. The fourth-order valence-electron chi connectivity index (χ4n) is 1.15. The number of allylic oxidation sites excluding steroid dienone is 1. The van der Waals surface area contributed by atoms with Gasteiger partial charge in [-0.15, -0.1) is 11.6 Å². The van der Waals surface area contributed by atoms with E-state index in [1.807, 2.05) is 0 Å². The van der Waals surface area contributed by atoms with Crippen molar-refractivity contribution >= 4 is 11.6 Å². The van der Waals surface area contributed by atoms with Crippen LogP contribution in [0.2, 0.25) is 0 Å². The molecule has 0 amide bonds. The number of alkyl halides is 4. The van der Waals surface area contributed by atoms with Gasteiger partial charge >= 0.3 is 6.18 Å². The average molecular weight is 244 g/mol. The Morgan fingerprint density at radius 2 is 2.13 bits per heavy atom. The molecule has 1 aliphatic heterocycles. The Bertz CT molecular complexity index is 250. The molecule has 0 aromatic carbocycles. The molecule has 1 aliphatic rings. The van der Waals surface area contributed by atoms with Crippen molar-refractivity contribution in [3.05, 3.63) is 11.6 Å². The van der Waals surface area contributed by atoms with E-state index in [0.717, 1.165) is 6.92 Å². The number of nitrogens with one attached hydrogen (secondary N) is 1. The van der Waals surface area contributed by atoms with Crippen LogP contribution in [0.25, 0.3) is 0 Å². The first-order chi connectivity index (χ1) is 6.86. The first kappa shape index (κ1) is 12.8. The van der Waals surface area contributed by atoms with E-state index in [-0.39, 0.29) is 6.10 Å². The lowest BCUT2D eigenvalue weighted by atomic mass is 10.1. The van der Waals surface area contributed by atoms with Crippen LogP contribution in [0.15, 0.2) is 11.6 Å². The van der Waals surface area contributed by atoms with Crippen molar-refractivity contribution in [2.75, 3.05) is 6.61 Å². The van der Waals surface area contributed by atoms with E-state index in [1.165, 1.54) is 0 Å². The second kappa shape index (κ2) is 4.72. The summed E-state index contributed by atoms with van der Waals surface area (Å²) in [5, 5.41) is 2.28. The molecule has 2 nitrogen and oxygen atoms in total. The zero-order chi connectivity index (χ0) is 11.6. The van der Waals surface area contributed by atoms with Crippen molar-refractivity contribution in [2.24, 2.45) is 0 Å². The van der Waals surface area contributed by atoms with Crippen molar-refractivity contribution in [3.63, 3.8) is 0 Å². The second-order valence-corrected chi connectivity index (χ2v) is 3.84. The lowest BCUT2D eigenvalue weighted by Gasteiger charge is -2.22. The Hall–Kier alpha value is -0.260. The summed E-state index contributed by atoms with van der Waals surface area (Å²) >= 11 is 5.82. The highest BCUT2D eigenvalue weighted by atomic mass is 35.5. The molecule has 0 saturated carbocycles. The highest BCUT2D eigenvalue weighted by molar-refractivity contribution is 6.22. The summed E-state index contributed by atoms with van der Waals surface area (Å²) in [6, 6.07) is -1.63. The molecule has 0 spiro atoms. The molecule has 0 aromatic rings. The van der Waals surface area contributed by atoms with Gasteiger partial charge in [-0.1, -0.05) is 6.08 Å². The summed E-state index contributed by atoms with van der Waals surface area (Å²) in [4.78, 5) is 0. The maximum atomic E-state index is 12.2. The van der Waals surface area contributed by atoms with Gasteiger partial charge in [0.25, 0.3) is 0 Å². The molecule has 1 heterocycles. The number of hydrogen-bond acceptors (Lipinski definition) is 2. The summed E-state index contributed by atoms with van der Waals surface area (Å²) in [6.45, 7) is 3.30. The van der Waals surface area contributed by atoms with Gasteiger partial charge in [0, 0.05) is 0 Å². The number of hydrogen-bond donors (Lipinski definition) is 1. The van der Waals surface area contributed by atoms with Crippen LogP contribution in [-0.2, 0) is 4.74 Å². The molecule has 0 radical (unpaired) electrons. The minimum Gasteiger partial charge on any atom is -0.368 e. The van der Waals surface area contributed by atoms with Gasteiger partial charge in [0.1, 0.15) is 17.6 Å². The average Bonchev–Trinajstić information content (AvgIpc) is 2.87. The van der Waals surface area contributed by atoms with Crippen LogP contribution in [0.3, 0.4) is 0 Å². The molecule has 1 saturated heterocycles. The molecule has 1 fully saturated rings. The molecule has 6 heteroatoms. The predicted molar refractivity (Wildman–Crippen MR) is 51.8 cm³/mol. The molecule has 1 rings (SSSR count). The van der Waals surface area contributed by atoms with Gasteiger partial charge in [0.2, 0.25) is 0 Å². The first-order valence-electron chi connectivity index (χ1n) is 4.60. The van der Waals surface area contributed by atoms with Gasteiger partial charge in [0.05, 0.1) is 6.61 Å². The number of halogens is 4. The minimum atomic E-state index is -4.28. The van der Waals surface area contributed by atoms with Crippen LogP contribution in [-0.4, -0.2) is 30.4 Å². The molecule has 3 atom stereocenters. The summed E-state index contributed by atoms with van der Waals surface area (Å²) in [5.74, 6) is 0. The smallest absolute Gasteiger partial charge is 0.368 e. The van der Waals surface area contributed by atoms with Crippen LogP contribution < -0.4 is 5.32 Å². The molecular weight excluding hydrogens is 231 g/mol. The Morgan fingerprint density at radius 3 is 2.47 bits per heavy atom. The SMILES string of the molecule is C/C=C(\C(Cl)NC(C)C(F)(F)F)C1CO1. The Balaban J connectivity index is 2.50. The topological polar surface area (TPSA) is 24.6 Å². The van der Waals surface area contributed by atoms with Gasteiger partial charge in [-0.05, 0) is 19.4 Å². The van der Waals surface area contributed by atoms with E-state index in [4.69, 9.17) is 16.3 Å². The lowest BCUT2D eigenvalue weighted by Crippen LogP contribution is -2.44. The van der Waals surface area contributed by atoms with Gasteiger partial charge in [0.15, 0.2) is 0 Å². The summed E-state index contributed by atoms with van der Waals surface area (Å²) in [6.07, 6.45) is -2.72. The van der Waals surface area contributed by atoms with E-state index in [1.54, 1.807) is 13.0 Å². The van der Waals surface area contributed by atoms with Crippen LogP contribution in [0, 0.1) is 0 Å². The minimum absolute atomic E-state index is 0.120. The quantitative estimate of drug-likeness (QED) is 0.355. The normalized spacial score (nSPS) is 26.3. The van der Waals surface area contributed by atoms with Crippen molar-refractivity contribution in [1.82, 2.24) is 5.32 Å². The van der Waals surface area contributed by atoms with Crippen molar-refractivity contribution in [2.45, 2.75) is 37.7 Å². The molecule has 15 heavy (non-hydrogen) atoms. The molecule has 1 N–H and O–H groups in total. The molecule has 0 aliphatic carbocycles. The third-order valence-corrected chi connectivity index (χ3v) is 2.60. The Kier molecular flexibility index (Phi) is 4.03. The maximum Gasteiger partial charge on any atom is 0.403 e. The molecule has 0 bridgehead atoms. The molecular formula is C9H13ClF3NO. The van der Waals surface area contributed by atoms with E-state index in [9.17, 15) is 13.2 Å². The fourth-order valence-corrected chi connectivity index (χ4v) is 1.60. The van der Waals surface area contributed by atoms with E-state index in [0.29, 0.717) is 12.2 Å². The zero-order valence-electron chi connectivity index (χ0n) is 8.44. The van der Waals surface area contributed by atoms with Crippen molar-refractivity contribution in [3.8, 4) is 0 Å². The highest BCUT2D eigenvalue weighted by Gasteiger charge is 2.39. The zero-order valence-corrected chi connectivity index (χ0v) is 9.19. The Labute approximate surface area is 91.4 Å². The van der Waals surface area contributed by atoms with Gasteiger partial charge in [-0.3, -0.25) is 5.32 Å².